The fourth-order valence-corrected chi connectivity index (χ4v) is 4.68. The topological polar surface area (TPSA) is 59.4 Å². The molecule has 6 nitrogen and oxygen atoms in total. The quantitative estimate of drug-likeness (QED) is 0.770. The summed E-state index contributed by atoms with van der Waals surface area (Å²) in [6.07, 6.45) is 3.70. The van der Waals surface area contributed by atoms with Crippen LogP contribution < -0.4 is 10.1 Å². The molecule has 1 unspecified atom stereocenters. The monoisotopic (exact) mass is 370 g/mol. The van der Waals surface area contributed by atoms with Gasteiger partial charge in [-0.05, 0) is 36.1 Å². The van der Waals surface area contributed by atoms with Crippen LogP contribution in [0.4, 0.5) is 0 Å². The summed E-state index contributed by atoms with van der Waals surface area (Å²) < 4.78 is 8.43. The standard InChI is InChI=1S/C19H22N4O2S/c1-12-14-10-13(25-3)4-5-16(14)26-17(12)19(24)23-9-6-20-11-15(23)18-21-7-8-22(18)2/h4-5,7-8,10,15,20H,6,9,11H2,1-3H3. The number of fused-ring (bicyclic) bond motifs is 1. The molecule has 0 spiro atoms. The Kier molecular flexibility index (Phi) is 4.42. The van der Waals surface area contributed by atoms with Gasteiger partial charge in [0.1, 0.15) is 17.6 Å². The number of aromatic nitrogens is 2. The lowest BCUT2D eigenvalue weighted by atomic mass is 10.1. The van der Waals surface area contributed by atoms with Gasteiger partial charge in [0.2, 0.25) is 0 Å². The lowest BCUT2D eigenvalue weighted by Gasteiger charge is -2.35. The van der Waals surface area contributed by atoms with Crippen LogP contribution in [0.15, 0.2) is 30.6 Å². The fraction of sp³-hybridized carbons (Fsp3) is 0.368. The van der Waals surface area contributed by atoms with Crippen LogP contribution in [0.5, 0.6) is 5.75 Å². The molecule has 4 rings (SSSR count). The van der Waals surface area contributed by atoms with Crippen LogP contribution in [0.3, 0.4) is 0 Å². The van der Waals surface area contributed by atoms with Crippen LogP contribution in [0.25, 0.3) is 10.1 Å². The maximum atomic E-state index is 13.4. The van der Waals surface area contributed by atoms with Crippen molar-refractivity contribution in [3.63, 3.8) is 0 Å². The van der Waals surface area contributed by atoms with Crippen LogP contribution in [-0.2, 0) is 7.05 Å². The lowest BCUT2D eigenvalue weighted by molar-refractivity contribution is 0.0625. The second-order valence-corrected chi connectivity index (χ2v) is 7.59. The van der Waals surface area contributed by atoms with Gasteiger partial charge in [0.25, 0.3) is 5.91 Å². The summed E-state index contributed by atoms with van der Waals surface area (Å²) in [6.45, 7) is 4.20. The van der Waals surface area contributed by atoms with E-state index in [0.29, 0.717) is 13.1 Å². The molecule has 1 N–H and O–H groups in total. The van der Waals surface area contributed by atoms with Gasteiger partial charge in [-0.1, -0.05) is 0 Å². The van der Waals surface area contributed by atoms with E-state index in [9.17, 15) is 4.79 Å². The molecule has 1 aliphatic rings. The number of imidazole rings is 1. The van der Waals surface area contributed by atoms with Crippen LogP contribution in [0.1, 0.15) is 27.1 Å². The van der Waals surface area contributed by atoms with Crippen LogP contribution in [-0.4, -0.2) is 47.1 Å². The minimum absolute atomic E-state index is 0.0598. The number of benzene rings is 1. The molecule has 0 aliphatic carbocycles. The zero-order chi connectivity index (χ0) is 18.3. The van der Waals surface area contributed by atoms with Crippen molar-refractivity contribution in [2.45, 2.75) is 13.0 Å². The molecule has 3 aromatic rings. The molecule has 0 bridgehead atoms. The van der Waals surface area contributed by atoms with Crippen molar-refractivity contribution in [1.29, 1.82) is 0 Å². The first-order valence-electron chi connectivity index (χ1n) is 8.66. The predicted molar refractivity (Wildman–Crippen MR) is 103 cm³/mol. The summed E-state index contributed by atoms with van der Waals surface area (Å²) in [5.74, 6) is 1.80. The Hall–Kier alpha value is -2.38. The highest BCUT2D eigenvalue weighted by Crippen LogP contribution is 2.35. The second-order valence-electron chi connectivity index (χ2n) is 6.53. The van der Waals surface area contributed by atoms with E-state index < -0.39 is 0 Å². The van der Waals surface area contributed by atoms with E-state index in [0.717, 1.165) is 38.6 Å². The van der Waals surface area contributed by atoms with Crippen molar-refractivity contribution in [2.75, 3.05) is 26.7 Å². The molecule has 0 saturated carbocycles. The van der Waals surface area contributed by atoms with E-state index in [1.165, 1.54) is 0 Å². The van der Waals surface area contributed by atoms with E-state index in [4.69, 9.17) is 4.74 Å². The molecule has 1 fully saturated rings. The van der Waals surface area contributed by atoms with Crippen molar-refractivity contribution in [3.05, 3.63) is 46.9 Å². The highest BCUT2D eigenvalue weighted by atomic mass is 32.1. The average molecular weight is 370 g/mol. The van der Waals surface area contributed by atoms with Gasteiger partial charge in [0.15, 0.2) is 0 Å². The number of hydrogen-bond donors (Lipinski definition) is 1. The highest BCUT2D eigenvalue weighted by molar-refractivity contribution is 7.21. The molecule has 3 heterocycles. The zero-order valence-corrected chi connectivity index (χ0v) is 16.0. The van der Waals surface area contributed by atoms with Gasteiger partial charge < -0.3 is 19.5 Å². The Balaban J connectivity index is 1.73. The van der Waals surface area contributed by atoms with Crippen LogP contribution in [0, 0.1) is 6.92 Å². The van der Waals surface area contributed by atoms with Crippen LogP contribution in [0.2, 0.25) is 0 Å². The van der Waals surface area contributed by atoms with E-state index >= 15 is 0 Å². The van der Waals surface area contributed by atoms with Gasteiger partial charge in [-0.3, -0.25) is 4.79 Å². The number of ether oxygens (including phenoxy) is 1. The number of carbonyl (C=O) groups excluding carboxylic acids is 1. The van der Waals surface area contributed by atoms with Gasteiger partial charge in [0, 0.05) is 43.8 Å². The number of piperazine rings is 1. The number of rotatable bonds is 3. The summed E-state index contributed by atoms with van der Waals surface area (Å²) in [5.41, 5.74) is 1.02. The zero-order valence-electron chi connectivity index (χ0n) is 15.2. The Morgan fingerprint density at radius 2 is 2.27 bits per heavy atom. The molecule has 1 amide bonds. The Labute approximate surface area is 156 Å². The number of thiophene rings is 1. The molecule has 0 radical (unpaired) electrons. The third-order valence-electron chi connectivity index (χ3n) is 5.00. The first kappa shape index (κ1) is 17.1. The Morgan fingerprint density at radius 1 is 1.42 bits per heavy atom. The highest BCUT2D eigenvalue weighted by Gasteiger charge is 2.32. The fourth-order valence-electron chi connectivity index (χ4n) is 3.54. The van der Waals surface area contributed by atoms with Crippen LogP contribution >= 0.6 is 11.3 Å². The minimum Gasteiger partial charge on any atom is -0.497 e. The second kappa shape index (κ2) is 6.74. The number of nitrogens with zero attached hydrogens (tertiary/aromatic N) is 3. The summed E-state index contributed by atoms with van der Waals surface area (Å²) in [4.78, 5) is 20.6. The summed E-state index contributed by atoms with van der Waals surface area (Å²) in [6, 6.07) is 5.91. The van der Waals surface area contributed by atoms with Crippen molar-refractivity contribution in [2.24, 2.45) is 7.05 Å². The van der Waals surface area contributed by atoms with Gasteiger partial charge >= 0.3 is 0 Å². The molecule has 1 aliphatic heterocycles. The van der Waals surface area contributed by atoms with E-state index in [2.05, 4.69) is 10.3 Å². The third kappa shape index (κ3) is 2.77. The van der Waals surface area contributed by atoms with Crippen molar-refractivity contribution in [1.82, 2.24) is 19.8 Å². The number of aryl methyl sites for hydroxylation is 2. The maximum absolute atomic E-state index is 13.4. The average Bonchev–Trinajstić information content (AvgIpc) is 3.24. The Bertz CT molecular complexity index is 962. The molecule has 1 aromatic carbocycles. The third-order valence-corrected chi connectivity index (χ3v) is 6.26. The summed E-state index contributed by atoms with van der Waals surface area (Å²) >= 11 is 1.55. The summed E-state index contributed by atoms with van der Waals surface area (Å²) in [5, 5.41) is 4.47. The number of carbonyl (C=O) groups is 1. The van der Waals surface area contributed by atoms with Gasteiger partial charge in [-0.25, -0.2) is 4.98 Å². The minimum atomic E-state index is -0.0598. The van der Waals surface area contributed by atoms with E-state index in [1.807, 2.05) is 47.8 Å². The van der Waals surface area contributed by atoms with Gasteiger partial charge in [-0.2, -0.15) is 0 Å². The Morgan fingerprint density at radius 3 is 3.00 bits per heavy atom. The van der Waals surface area contributed by atoms with Crippen molar-refractivity contribution >= 4 is 27.3 Å². The number of amides is 1. The first-order chi connectivity index (χ1) is 12.6. The summed E-state index contributed by atoms with van der Waals surface area (Å²) in [7, 11) is 3.63. The molecule has 2 aromatic heterocycles. The normalized spacial score (nSPS) is 17.7. The number of hydrogen-bond acceptors (Lipinski definition) is 5. The SMILES string of the molecule is COc1ccc2sc(C(=O)N3CCNCC3c3nccn3C)c(C)c2c1. The maximum Gasteiger partial charge on any atom is 0.264 e. The molecule has 1 atom stereocenters. The molecule has 136 valence electrons. The van der Waals surface area contributed by atoms with Gasteiger partial charge in [0.05, 0.1) is 12.0 Å². The first-order valence-corrected chi connectivity index (χ1v) is 9.48. The largest absolute Gasteiger partial charge is 0.497 e. The molecular formula is C19H22N4O2S. The van der Waals surface area contributed by atoms with Gasteiger partial charge in [-0.15, -0.1) is 11.3 Å². The predicted octanol–water partition coefficient (Wildman–Crippen LogP) is 2.74. The molecular weight excluding hydrogens is 348 g/mol. The van der Waals surface area contributed by atoms with Crippen molar-refractivity contribution < 1.29 is 9.53 Å². The molecule has 26 heavy (non-hydrogen) atoms. The smallest absolute Gasteiger partial charge is 0.264 e. The number of nitrogens with one attached hydrogen (secondary N) is 1. The lowest BCUT2D eigenvalue weighted by Crippen LogP contribution is -2.49. The molecule has 7 heteroatoms. The van der Waals surface area contributed by atoms with E-state index in [1.54, 1.807) is 24.6 Å². The number of methoxy groups -OCH3 is 1. The van der Waals surface area contributed by atoms with E-state index in [-0.39, 0.29) is 11.9 Å². The van der Waals surface area contributed by atoms with Crippen molar-refractivity contribution in [3.8, 4) is 5.75 Å². The molecule has 1 saturated heterocycles.